The van der Waals surface area contributed by atoms with E-state index in [4.69, 9.17) is 4.74 Å². The summed E-state index contributed by atoms with van der Waals surface area (Å²) in [6.07, 6.45) is 3.22. The van der Waals surface area contributed by atoms with Gasteiger partial charge in [-0.25, -0.2) is 0 Å². The molecular formula is C22H22N2O4S. The number of pyridine rings is 1. The highest BCUT2D eigenvalue weighted by atomic mass is 32.2. The largest absolute Gasteiger partial charge is 0.506 e. The zero-order valence-electron chi connectivity index (χ0n) is 16.3. The number of aromatic hydroxyl groups is 1. The van der Waals surface area contributed by atoms with Gasteiger partial charge in [-0.1, -0.05) is 24.8 Å². The number of nitrogens with zero attached hydrogens (tertiary/aromatic N) is 2. The third kappa shape index (κ3) is 4.00. The molecule has 29 heavy (non-hydrogen) atoms. The smallest absolute Gasteiger partial charge is 0.267 e. The first-order valence-corrected chi connectivity index (χ1v) is 10.2. The summed E-state index contributed by atoms with van der Waals surface area (Å²) in [5.41, 5.74) is 0.343. The second kappa shape index (κ2) is 8.87. The molecule has 6 nitrogen and oxygen atoms in total. The van der Waals surface area contributed by atoms with Gasteiger partial charge in [-0.05, 0) is 36.6 Å². The molecule has 7 heteroatoms. The van der Waals surface area contributed by atoms with Crippen LogP contribution < -0.4 is 10.5 Å². The Labute approximate surface area is 173 Å². The third-order valence-electron chi connectivity index (χ3n) is 4.65. The number of carbonyl (C=O) groups excluding carboxylic acids is 1. The Hall–Kier alpha value is -3.19. The van der Waals surface area contributed by atoms with Crippen molar-refractivity contribution in [2.24, 2.45) is 7.05 Å². The van der Waals surface area contributed by atoms with E-state index in [-0.39, 0.29) is 24.5 Å². The molecule has 0 saturated heterocycles. The number of rotatable bonds is 7. The number of fused-ring (bicyclic) bond motifs is 1. The van der Waals surface area contributed by atoms with E-state index in [2.05, 4.69) is 6.58 Å². The molecule has 0 spiro atoms. The highest BCUT2D eigenvalue weighted by Gasteiger charge is 2.26. The van der Waals surface area contributed by atoms with Gasteiger partial charge in [0.15, 0.2) is 0 Å². The molecule has 1 N–H and O–H groups in total. The van der Waals surface area contributed by atoms with Crippen LogP contribution >= 0.6 is 11.8 Å². The maximum Gasteiger partial charge on any atom is 0.267 e. The van der Waals surface area contributed by atoms with E-state index >= 15 is 0 Å². The minimum atomic E-state index is -0.585. The number of thioether (sulfide) groups is 1. The van der Waals surface area contributed by atoms with Crippen LogP contribution in [0.3, 0.4) is 0 Å². The molecule has 1 amide bonds. The summed E-state index contributed by atoms with van der Waals surface area (Å²) < 4.78 is 6.56. The normalized spacial score (nSPS) is 10.7. The Kier molecular flexibility index (Phi) is 6.29. The van der Waals surface area contributed by atoms with Gasteiger partial charge in [0.1, 0.15) is 17.9 Å². The van der Waals surface area contributed by atoms with Crippen LogP contribution in [0.1, 0.15) is 10.4 Å². The number of benzene rings is 2. The zero-order valence-corrected chi connectivity index (χ0v) is 17.1. The monoisotopic (exact) mass is 410 g/mol. The lowest BCUT2D eigenvalue weighted by Crippen LogP contribution is -2.38. The van der Waals surface area contributed by atoms with E-state index < -0.39 is 11.5 Å². The number of hydrogen-bond donors (Lipinski definition) is 1. The number of ether oxygens (including phenoxy) is 1. The van der Waals surface area contributed by atoms with Crippen LogP contribution in [0, 0.1) is 0 Å². The molecule has 0 atom stereocenters. The molecule has 0 aliphatic rings. The number of carbonyl (C=O) groups is 1. The second-order valence-electron chi connectivity index (χ2n) is 6.30. The van der Waals surface area contributed by atoms with Crippen molar-refractivity contribution in [3.05, 3.63) is 77.3 Å². The molecule has 150 valence electrons. The zero-order chi connectivity index (χ0) is 21.0. The summed E-state index contributed by atoms with van der Waals surface area (Å²) in [5, 5.41) is 11.4. The molecule has 0 aliphatic carbocycles. The summed E-state index contributed by atoms with van der Waals surface area (Å²) in [7, 11) is 1.59. The summed E-state index contributed by atoms with van der Waals surface area (Å²) in [6.45, 7) is 3.90. The number of anilines is 1. The fourth-order valence-electron chi connectivity index (χ4n) is 3.15. The van der Waals surface area contributed by atoms with Gasteiger partial charge in [0.2, 0.25) is 0 Å². The molecule has 0 aliphatic heterocycles. The van der Waals surface area contributed by atoms with Gasteiger partial charge in [-0.3, -0.25) is 9.59 Å². The first-order valence-electron chi connectivity index (χ1n) is 8.98. The fraction of sp³-hybridized carbons (Fsp3) is 0.182. The fourth-order valence-corrected chi connectivity index (χ4v) is 3.59. The summed E-state index contributed by atoms with van der Waals surface area (Å²) in [4.78, 5) is 28.7. The predicted octanol–water partition coefficient (Wildman–Crippen LogP) is 3.77. The molecule has 3 rings (SSSR count). The molecule has 0 unspecified atom stereocenters. The molecule has 1 heterocycles. The molecule has 1 aromatic heterocycles. The highest BCUT2D eigenvalue weighted by molar-refractivity contribution is 7.98. The highest BCUT2D eigenvalue weighted by Crippen LogP contribution is 2.31. The van der Waals surface area contributed by atoms with Crippen molar-refractivity contribution in [1.29, 1.82) is 0 Å². The van der Waals surface area contributed by atoms with Gasteiger partial charge in [-0.15, -0.1) is 11.8 Å². The Morgan fingerprint density at radius 2 is 2.00 bits per heavy atom. The first-order chi connectivity index (χ1) is 14.0. The lowest BCUT2D eigenvalue weighted by atomic mass is 10.1. The van der Waals surface area contributed by atoms with Gasteiger partial charge in [0, 0.05) is 23.0 Å². The second-order valence-corrected chi connectivity index (χ2v) is 7.18. The Balaban J connectivity index is 2.17. The van der Waals surface area contributed by atoms with Gasteiger partial charge in [-0.2, -0.15) is 0 Å². The quantitative estimate of drug-likeness (QED) is 0.365. The van der Waals surface area contributed by atoms with Crippen LogP contribution in [-0.2, 0) is 11.8 Å². The van der Waals surface area contributed by atoms with Crippen molar-refractivity contribution in [3.63, 3.8) is 0 Å². The van der Waals surface area contributed by atoms with Crippen LogP contribution in [0.2, 0.25) is 0 Å². The van der Waals surface area contributed by atoms with Gasteiger partial charge < -0.3 is 19.3 Å². The topological polar surface area (TPSA) is 71.8 Å². The number of aromatic nitrogens is 1. The molecular weight excluding hydrogens is 388 g/mol. The molecule has 0 fully saturated rings. The maximum atomic E-state index is 13.4. The van der Waals surface area contributed by atoms with E-state index in [9.17, 15) is 14.7 Å². The Morgan fingerprint density at radius 3 is 2.66 bits per heavy atom. The van der Waals surface area contributed by atoms with Crippen molar-refractivity contribution in [3.8, 4) is 5.75 Å². The van der Waals surface area contributed by atoms with E-state index in [0.717, 1.165) is 4.90 Å². The maximum absolute atomic E-state index is 13.4. The van der Waals surface area contributed by atoms with E-state index in [1.54, 1.807) is 43.4 Å². The summed E-state index contributed by atoms with van der Waals surface area (Å²) in [6, 6.07) is 14.4. The standard InChI is InChI=1S/C22H22N2O4S/c1-4-28-13-12-24(15-8-6-5-7-9-15)22(27)19-20(25)17-14-16(29-3)10-11-18(17)23(2)21(19)26/h4-11,14,25H,1,12-13H2,2-3H3. The first kappa shape index (κ1) is 20.5. The summed E-state index contributed by atoms with van der Waals surface area (Å²) in [5.74, 6) is -0.895. The Bertz CT molecular complexity index is 1110. The van der Waals surface area contributed by atoms with Crippen molar-refractivity contribution in [2.75, 3.05) is 24.3 Å². The predicted molar refractivity (Wildman–Crippen MR) is 117 cm³/mol. The SMILES string of the molecule is C=COCCN(C(=O)c1c(O)c2cc(SC)ccc2n(C)c1=O)c1ccccc1. The minimum Gasteiger partial charge on any atom is -0.506 e. The lowest BCUT2D eigenvalue weighted by Gasteiger charge is -2.23. The van der Waals surface area contributed by atoms with E-state index in [1.165, 1.54) is 27.5 Å². The molecule has 0 saturated carbocycles. The molecule has 2 aromatic carbocycles. The number of amides is 1. The van der Waals surface area contributed by atoms with Crippen LogP contribution in [0.5, 0.6) is 5.75 Å². The average molecular weight is 410 g/mol. The number of hydrogen-bond acceptors (Lipinski definition) is 5. The van der Waals surface area contributed by atoms with Gasteiger partial charge >= 0.3 is 0 Å². The summed E-state index contributed by atoms with van der Waals surface area (Å²) >= 11 is 1.51. The van der Waals surface area contributed by atoms with E-state index in [1.807, 2.05) is 18.4 Å². The number of aryl methyl sites for hydroxylation is 1. The van der Waals surface area contributed by atoms with Crippen molar-refractivity contribution in [1.82, 2.24) is 4.57 Å². The van der Waals surface area contributed by atoms with Crippen molar-refractivity contribution < 1.29 is 14.6 Å². The van der Waals surface area contributed by atoms with Crippen LogP contribution in [0.15, 0.2) is 71.1 Å². The molecule has 0 radical (unpaired) electrons. The van der Waals surface area contributed by atoms with Crippen LogP contribution in [0.4, 0.5) is 5.69 Å². The Morgan fingerprint density at radius 1 is 1.28 bits per heavy atom. The van der Waals surface area contributed by atoms with E-state index in [0.29, 0.717) is 16.6 Å². The van der Waals surface area contributed by atoms with Crippen molar-refractivity contribution in [2.45, 2.75) is 4.90 Å². The van der Waals surface area contributed by atoms with Crippen LogP contribution in [-0.4, -0.2) is 35.0 Å². The molecule has 3 aromatic rings. The molecule has 0 bridgehead atoms. The third-order valence-corrected chi connectivity index (χ3v) is 5.38. The van der Waals surface area contributed by atoms with Gasteiger partial charge in [0.25, 0.3) is 11.5 Å². The van der Waals surface area contributed by atoms with Gasteiger partial charge in [0.05, 0.1) is 18.3 Å². The average Bonchev–Trinajstić information content (AvgIpc) is 2.75. The van der Waals surface area contributed by atoms with Crippen molar-refractivity contribution >= 4 is 34.3 Å². The lowest BCUT2D eigenvalue weighted by molar-refractivity contribution is 0.0975. The minimum absolute atomic E-state index is 0.195. The van der Waals surface area contributed by atoms with Crippen LogP contribution in [0.25, 0.3) is 10.9 Å². The number of para-hydroxylation sites is 1.